The molecule has 1 atom stereocenters. The summed E-state index contributed by atoms with van der Waals surface area (Å²) in [7, 11) is 0. The highest BCUT2D eigenvalue weighted by Gasteiger charge is 2.51. The van der Waals surface area contributed by atoms with Crippen LogP contribution in [0.5, 0.6) is 0 Å². The van der Waals surface area contributed by atoms with Gasteiger partial charge in [0.05, 0.1) is 5.92 Å². The average molecular weight is 312 g/mol. The van der Waals surface area contributed by atoms with Crippen molar-refractivity contribution in [3.63, 3.8) is 0 Å². The topological polar surface area (TPSA) is 63.6 Å². The van der Waals surface area contributed by atoms with Crippen LogP contribution in [0.4, 0.5) is 8.78 Å². The van der Waals surface area contributed by atoms with Crippen LogP contribution < -0.4 is 0 Å². The maximum absolute atomic E-state index is 13.9. The van der Waals surface area contributed by atoms with E-state index in [1.807, 2.05) is 0 Å². The van der Waals surface area contributed by atoms with Crippen molar-refractivity contribution in [1.29, 1.82) is 0 Å². The molecular weight excluding hydrogens is 294 g/mol. The molecule has 0 heterocycles. The van der Waals surface area contributed by atoms with Gasteiger partial charge in [0.25, 0.3) is 0 Å². The molecular formula is C16H18F2O4. The third kappa shape index (κ3) is 3.61. The largest absolute Gasteiger partial charge is 0.477 e. The molecule has 0 bridgehead atoms. The molecule has 0 aromatic heterocycles. The summed E-state index contributed by atoms with van der Waals surface area (Å²) in [5, 5.41) is 8.75. The number of benzene rings is 1. The quantitative estimate of drug-likeness (QED) is 0.844. The summed E-state index contributed by atoms with van der Waals surface area (Å²) in [5.41, 5.74) is -0.0286. The Balaban J connectivity index is 2.21. The lowest BCUT2D eigenvalue weighted by Gasteiger charge is -2.27. The number of aliphatic carboxylic acids is 1. The summed E-state index contributed by atoms with van der Waals surface area (Å²) >= 11 is 0. The highest BCUT2D eigenvalue weighted by atomic mass is 19.3. The van der Waals surface area contributed by atoms with Crippen LogP contribution in [-0.4, -0.2) is 23.0 Å². The Morgan fingerprint density at radius 1 is 1.14 bits per heavy atom. The Bertz CT molecular complexity index is 524. The van der Waals surface area contributed by atoms with Crippen molar-refractivity contribution >= 4 is 11.9 Å². The number of halogens is 2. The van der Waals surface area contributed by atoms with Gasteiger partial charge in [-0.1, -0.05) is 49.6 Å². The molecule has 4 nitrogen and oxygen atoms in total. The van der Waals surface area contributed by atoms with Crippen molar-refractivity contribution in [2.45, 2.75) is 44.1 Å². The predicted molar refractivity (Wildman–Crippen MR) is 74.4 cm³/mol. The molecule has 0 aliphatic heterocycles. The van der Waals surface area contributed by atoms with Crippen LogP contribution in [0.25, 0.3) is 0 Å². The number of alkyl halides is 2. The van der Waals surface area contributed by atoms with Gasteiger partial charge in [0.2, 0.25) is 6.10 Å². The van der Waals surface area contributed by atoms with Crippen molar-refractivity contribution in [2.24, 2.45) is 5.92 Å². The van der Waals surface area contributed by atoms with Crippen molar-refractivity contribution in [3.8, 4) is 0 Å². The predicted octanol–water partition coefficient (Wildman–Crippen LogP) is 3.57. The minimum atomic E-state index is -4.17. The van der Waals surface area contributed by atoms with Crippen LogP contribution in [0.15, 0.2) is 30.3 Å². The van der Waals surface area contributed by atoms with Gasteiger partial charge in [0, 0.05) is 0 Å². The first-order valence-electron chi connectivity index (χ1n) is 7.29. The lowest BCUT2D eigenvalue weighted by molar-refractivity contribution is -0.197. The van der Waals surface area contributed by atoms with E-state index in [0.717, 1.165) is 19.3 Å². The number of carbonyl (C=O) groups is 2. The summed E-state index contributed by atoms with van der Waals surface area (Å²) in [4.78, 5) is 23.0. The Morgan fingerprint density at radius 2 is 1.73 bits per heavy atom. The van der Waals surface area contributed by atoms with E-state index in [1.54, 1.807) is 6.07 Å². The molecule has 1 fully saturated rings. The summed E-state index contributed by atoms with van der Waals surface area (Å²) in [6.45, 7) is 0. The highest BCUT2D eigenvalue weighted by molar-refractivity contribution is 5.78. The lowest BCUT2D eigenvalue weighted by atomic mass is 9.89. The molecule has 0 saturated heterocycles. The van der Waals surface area contributed by atoms with Gasteiger partial charge in [0.1, 0.15) is 0 Å². The van der Waals surface area contributed by atoms with Gasteiger partial charge in [-0.3, -0.25) is 4.79 Å². The lowest BCUT2D eigenvalue weighted by Crippen LogP contribution is -2.39. The Hall–Kier alpha value is -1.98. The molecule has 1 N–H and O–H groups in total. The molecule has 1 aliphatic rings. The minimum absolute atomic E-state index is 0.0286. The Kier molecular flexibility index (Phi) is 5.11. The van der Waals surface area contributed by atoms with Crippen LogP contribution >= 0.6 is 0 Å². The van der Waals surface area contributed by atoms with Crippen molar-refractivity contribution in [1.82, 2.24) is 0 Å². The number of carbonyl (C=O) groups excluding carboxylic acids is 1. The van der Waals surface area contributed by atoms with E-state index >= 15 is 0 Å². The second-order valence-electron chi connectivity index (χ2n) is 5.49. The maximum atomic E-state index is 13.9. The van der Waals surface area contributed by atoms with Crippen LogP contribution in [0.3, 0.4) is 0 Å². The van der Waals surface area contributed by atoms with E-state index in [-0.39, 0.29) is 5.56 Å². The van der Waals surface area contributed by atoms with Gasteiger partial charge in [-0.05, 0) is 18.4 Å². The van der Waals surface area contributed by atoms with Gasteiger partial charge in [-0.25, -0.2) is 4.79 Å². The van der Waals surface area contributed by atoms with E-state index in [1.165, 1.54) is 24.3 Å². The summed E-state index contributed by atoms with van der Waals surface area (Å²) in [5.74, 6) is -7.65. The molecule has 1 saturated carbocycles. The standard InChI is InChI=1S/C16H18F2O4/c17-16(18,15(20)21)13(11-7-3-1-4-8-11)22-14(19)12-9-5-2-6-10-12/h1,3-4,7-8,12-13H,2,5-6,9-10H2,(H,20,21). The van der Waals surface area contributed by atoms with Gasteiger partial charge in [-0.15, -0.1) is 0 Å². The zero-order chi connectivity index (χ0) is 16.2. The molecule has 0 spiro atoms. The highest BCUT2D eigenvalue weighted by Crippen LogP contribution is 2.37. The van der Waals surface area contributed by atoms with E-state index < -0.39 is 29.9 Å². The molecule has 1 aromatic carbocycles. The van der Waals surface area contributed by atoms with Gasteiger partial charge < -0.3 is 9.84 Å². The smallest absolute Gasteiger partial charge is 0.382 e. The van der Waals surface area contributed by atoms with Crippen LogP contribution in [-0.2, 0) is 14.3 Å². The summed E-state index contributed by atoms with van der Waals surface area (Å²) in [6.07, 6.45) is 1.80. The molecule has 22 heavy (non-hydrogen) atoms. The number of ether oxygens (including phenoxy) is 1. The number of carboxylic acids is 1. The Morgan fingerprint density at radius 3 is 2.27 bits per heavy atom. The summed E-state index contributed by atoms with van der Waals surface area (Å²) < 4.78 is 32.8. The maximum Gasteiger partial charge on any atom is 0.382 e. The zero-order valence-corrected chi connectivity index (χ0v) is 12.0. The van der Waals surface area contributed by atoms with Gasteiger partial charge >= 0.3 is 17.9 Å². The van der Waals surface area contributed by atoms with Crippen molar-refractivity contribution < 1.29 is 28.2 Å². The number of esters is 1. The van der Waals surface area contributed by atoms with E-state index in [9.17, 15) is 18.4 Å². The van der Waals surface area contributed by atoms with Gasteiger partial charge in [0.15, 0.2) is 0 Å². The van der Waals surface area contributed by atoms with E-state index in [4.69, 9.17) is 9.84 Å². The fraction of sp³-hybridized carbons (Fsp3) is 0.500. The second-order valence-corrected chi connectivity index (χ2v) is 5.49. The first kappa shape index (κ1) is 16.4. The van der Waals surface area contributed by atoms with Crippen LogP contribution in [0.1, 0.15) is 43.8 Å². The fourth-order valence-corrected chi connectivity index (χ4v) is 2.64. The van der Waals surface area contributed by atoms with E-state index in [0.29, 0.717) is 12.8 Å². The molecule has 1 aliphatic carbocycles. The molecule has 1 aromatic rings. The van der Waals surface area contributed by atoms with Crippen LogP contribution in [0, 0.1) is 5.92 Å². The third-order valence-electron chi connectivity index (χ3n) is 3.89. The van der Waals surface area contributed by atoms with Gasteiger partial charge in [-0.2, -0.15) is 8.78 Å². The Labute approximate surface area is 127 Å². The number of hydrogen-bond donors (Lipinski definition) is 1. The summed E-state index contributed by atoms with van der Waals surface area (Å²) in [6, 6.07) is 7.26. The number of rotatable bonds is 5. The number of hydrogen-bond acceptors (Lipinski definition) is 3. The molecule has 120 valence electrons. The zero-order valence-electron chi connectivity index (χ0n) is 12.0. The van der Waals surface area contributed by atoms with Crippen molar-refractivity contribution in [3.05, 3.63) is 35.9 Å². The molecule has 1 unspecified atom stereocenters. The fourth-order valence-electron chi connectivity index (χ4n) is 2.64. The second kappa shape index (κ2) is 6.85. The van der Waals surface area contributed by atoms with E-state index in [2.05, 4.69) is 0 Å². The monoisotopic (exact) mass is 312 g/mol. The minimum Gasteiger partial charge on any atom is -0.477 e. The third-order valence-corrected chi connectivity index (χ3v) is 3.89. The molecule has 0 amide bonds. The average Bonchev–Trinajstić information content (AvgIpc) is 2.53. The number of carboxylic acid groups (broad SMARTS) is 1. The normalized spacial score (nSPS) is 17.7. The first-order valence-corrected chi connectivity index (χ1v) is 7.29. The van der Waals surface area contributed by atoms with Crippen molar-refractivity contribution in [2.75, 3.05) is 0 Å². The molecule has 0 radical (unpaired) electrons. The first-order chi connectivity index (χ1) is 10.4. The molecule has 6 heteroatoms. The van der Waals surface area contributed by atoms with Crippen LogP contribution in [0.2, 0.25) is 0 Å². The molecule has 2 rings (SSSR count). The SMILES string of the molecule is O=C(OC(c1ccccc1)C(F)(F)C(=O)O)C1CCCCC1.